The topological polar surface area (TPSA) is 39.9 Å². The summed E-state index contributed by atoms with van der Waals surface area (Å²) in [4.78, 5) is 4.04. The van der Waals surface area contributed by atoms with Crippen LogP contribution in [0.4, 0.5) is 4.39 Å². The minimum atomic E-state index is -0.358. The van der Waals surface area contributed by atoms with E-state index in [1.165, 1.54) is 12.3 Å². The molecular weight excluding hydrogens is 301 g/mol. The fourth-order valence-corrected chi connectivity index (χ4v) is 2.50. The van der Waals surface area contributed by atoms with Crippen LogP contribution in [0, 0.1) is 5.82 Å². The average Bonchev–Trinajstić information content (AvgIpc) is 2.68. The maximum Gasteiger partial charge on any atom is 0.227 e. The van der Waals surface area contributed by atoms with Gasteiger partial charge in [-0.25, -0.2) is 9.07 Å². The van der Waals surface area contributed by atoms with Crippen LogP contribution in [0.3, 0.4) is 0 Å². The molecule has 0 saturated carbocycles. The zero-order valence-corrected chi connectivity index (χ0v) is 11.3. The Labute approximate surface area is 112 Å². The van der Waals surface area contributed by atoms with Crippen LogP contribution in [-0.2, 0) is 6.54 Å². The Kier molecular flexibility index (Phi) is 2.81. The largest absolute Gasteiger partial charge is 0.474 e. The lowest BCUT2D eigenvalue weighted by Gasteiger charge is -2.21. The Hall–Kier alpha value is -1.43. The Morgan fingerprint density at radius 1 is 1.50 bits per heavy atom. The van der Waals surface area contributed by atoms with Gasteiger partial charge in [0, 0.05) is 13.0 Å². The number of rotatable bonds is 1. The third-order valence-corrected chi connectivity index (χ3v) is 3.60. The minimum Gasteiger partial charge on any atom is -0.474 e. The zero-order chi connectivity index (χ0) is 12.7. The number of aromatic nitrogens is 3. The summed E-state index contributed by atoms with van der Waals surface area (Å²) in [6.45, 7) is 2.84. The van der Waals surface area contributed by atoms with Crippen LogP contribution in [0.25, 0.3) is 11.4 Å². The summed E-state index contributed by atoms with van der Waals surface area (Å²) < 4.78 is 21.2. The van der Waals surface area contributed by atoms with Crippen LogP contribution < -0.4 is 4.74 Å². The van der Waals surface area contributed by atoms with Gasteiger partial charge in [-0.05, 0) is 35.0 Å². The molecule has 0 bridgehead atoms. The molecular formula is C12H11BrFN3O. The number of ether oxygens (including phenoxy) is 1. The smallest absolute Gasteiger partial charge is 0.227 e. The molecule has 0 N–H and O–H groups in total. The van der Waals surface area contributed by atoms with E-state index in [2.05, 4.69) is 26.0 Å². The van der Waals surface area contributed by atoms with E-state index in [4.69, 9.17) is 4.74 Å². The minimum absolute atomic E-state index is 0.180. The molecule has 0 spiro atoms. The molecule has 3 heterocycles. The van der Waals surface area contributed by atoms with E-state index in [0.717, 1.165) is 23.3 Å². The molecule has 0 aromatic carbocycles. The number of hydrogen-bond donors (Lipinski definition) is 0. The van der Waals surface area contributed by atoms with Crippen LogP contribution in [-0.4, -0.2) is 20.9 Å². The molecule has 3 rings (SSSR count). The molecule has 1 unspecified atom stereocenters. The van der Waals surface area contributed by atoms with Crippen LogP contribution in [0.2, 0.25) is 0 Å². The summed E-state index contributed by atoms with van der Waals surface area (Å²) >= 11 is 3.48. The lowest BCUT2D eigenvalue weighted by Crippen LogP contribution is -2.23. The van der Waals surface area contributed by atoms with Gasteiger partial charge in [0.25, 0.3) is 0 Å². The van der Waals surface area contributed by atoms with Crippen LogP contribution in [0.5, 0.6) is 5.88 Å². The summed E-state index contributed by atoms with van der Waals surface area (Å²) in [5.74, 6) is 0.360. The second-order valence-corrected chi connectivity index (χ2v) is 5.06. The number of nitrogens with zero attached hydrogens (tertiary/aromatic N) is 3. The normalized spacial score (nSPS) is 18.3. The highest BCUT2D eigenvalue weighted by atomic mass is 79.9. The summed E-state index contributed by atoms with van der Waals surface area (Å²) in [6, 6.07) is 2.98. The lowest BCUT2D eigenvalue weighted by molar-refractivity contribution is 0.148. The Morgan fingerprint density at radius 2 is 2.33 bits per heavy atom. The van der Waals surface area contributed by atoms with Crippen molar-refractivity contribution in [1.29, 1.82) is 0 Å². The SMILES string of the molecule is CC1CCn2nc(-c3ccc(F)cn3)c(Br)c2O1. The van der Waals surface area contributed by atoms with E-state index < -0.39 is 0 Å². The fraction of sp³-hybridized carbons (Fsp3) is 0.333. The third-order valence-electron chi connectivity index (χ3n) is 2.88. The first-order valence-electron chi connectivity index (χ1n) is 5.70. The van der Waals surface area contributed by atoms with Gasteiger partial charge in [-0.2, -0.15) is 5.10 Å². The van der Waals surface area contributed by atoms with Gasteiger partial charge in [-0.15, -0.1) is 0 Å². The van der Waals surface area contributed by atoms with Crippen molar-refractivity contribution in [3.63, 3.8) is 0 Å². The molecule has 0 radical (unpaired) electrons. The molecule has 94 valence electrons. The number of pyridine rings is 1. The Balaban J connectivity index is 2.06. The van der Waals surface area contributed by atoms with E-state index in [0.29, 0.717) is 11.4 Å². The highest BCUT2D eigenvalue weighted by Gasteiger charge is 2.24. The maximum absolute atomic E-state index is 12.9. The molecule has 2 aromatic rings. The first-order valence-corrected chi connectivity index (χ1v) is 6.49. The van der Waals surface area contributed by atoms with Crippen molar-refractivity contribution in [3.05, 3.63) is 28.6 Å². The molecule has 0 aliphatic carbocycles. The van der Waals surface area contributed by atoms with Crippen LogP contribution >= 0.6 is 15.9 Å². The third kappa shape index (κ3) is 1.90. The van der Waals surface area contributed by atoms with Gasteiger partial charge in [0.05, 0.1) is 18.0 Å². The van der Waals surface area contributed by atoms with Crippen molar-refractivity contribution in [2.45, 2.75) is 26.0 Å². The van der Waals surface area contributed by atoms with E-state index in [-0.39, 0.29) is 11.9 Å². The first-order chi connectivity index (χ1) is 8.65. The number of halogens is 2. The van der Waals surface area contributed by atoms with Gasteiger partial charge >= 0.3 is 0 Å². The predicted molar refractivity (Wildman–Crippen MR) is 67.8 cm³/mol. The van der Waals surface area contributed by atoms with Crippen LogP contribution in [0.15, 0.2) is 22.8 Å². The van der Waals surface area contributed by atoms with Gasteiger partial charge in [0.15, 0.2) is 0 Å². The first kappa shape index (κ1) is 11.6. The Bertz CT molecular complexity index is 582. The monoisotopic (exact) mass is 311 g/mol. The summed E-state index contributed by atoms with van der Waals surface area (Å²) in [5.41, 5.74) is 1.31. The van der Waals surface area contributed by atoms with Crippen molar-refractivity contribution < 1.29 is 9.13 Å². The molecule has 0 saturated heterocycles. The van der Waals surface area contributed by atoms with Crippen molar-refractivity contribution >= 4 is 15.9 Å². The molecule has 1 aliphatic rings. The molecule has 0 fully saturated rings. The fourth-order valence-electron chi connectivity index (χ4n) is 1.92. The van der Waals surface area contributed by atoms with Crippen molar-refractivity contribution in [2.24, 2.45) is 0 Å². The quantitative estimate of drug-likeness (QED) is 0.812. The molecule has 1 aliphatic heterocycles. The highest BCUT2D eigenvalue weighted by Crippen LogP contribution is 2.37. The Morgan fingerprint density at radius 3 is 3.06 bits per heavy atom. The van der Waals surface area contributed by atoms with Crippen LogP contribution in [0.1, 0.15) is 13.3 Å². The van der Waals surface area contributed by atoms with Gasteiger partial charge in [0.2, 0.25) is 5.88 Å². The van der Waals surface area contributed by atoms with Gasteiger partial charge in [0.1, 0.15) is 16.0 Å². The summed E-state index contributed by atoms with van der Waals surface area (Å²) in [5, 5.41) is 4.44. The predicted octanol–water partition coefficient (Wildman–Crippen LogP) is 3.02. The number of aryl methyl sites for hydroxylation is 1. The van der Waals surface area contributed by atoms with E-state index in [9.17, 15) is 4.39 Å². The van der Waals surface area contributed by atoms with E-state index >= 15 is 0 Å². The van der Waals surface area contributed by atoms with E-state index in [1.807, 2.05) is 11.6 Å². The second-order valence-electron chi connectivity index (χ2n) is 4.27. The molecule has 1 atom stereocenters. The summed E-state index contributed by atoms with van der Waals surface area (Å²) in [6.07, 6.45) is 2.29. The average molecular weight is 312 g/mol. The zero-order valence-electron chi connectivity index (χ0n) is 9.73. The molecule has 4 nitrogen and oxygen atoms in total. The van der Waals surface area contributed by atoms with Gasteiger partial charge in [-0.3, -0.25) is 4.98 Å². The highest BCUT2D eigenvalue weighted by molar-refractivity contribution is 9.10. The molecule has 0 amide bonds. The summed E-state index contributed by atoms with van der Waals surface area (Å²) in [7, 11) is 0. The lowest BCUT2D eigenvalue weighted by atomic mass is 10.2. The standard InChI is InChI=1S/C12H11BrFN3O/c1-7-4-5-17-12(18-7)10(13)11(16-17)9-3-2-8(14)6-15-9/h2-3,6-7H,4-5H2,1H3. The van der Waals surface area contributed by atoms with Crippen molar-refractivity contribution in [2.75, 3.05) is 0 Å². The maximum atomic E-state index is 12.9. The second kappa shape index (κ2) is 4.35. The van der Waals surface area contributed by atoms with Gasteiger partial charge in [-0.1, -0.05) is 0 Å². The number of fused-ring (bicyclic) bond motifs is 1. The van der Waals surface area contributed by atoms with Gasteiger partial charge < -0.3 is 4.74 Å². The van der Waals surface area contributed by atoms with E-state index in [1.54, 1.807) is 6.07 Å². The van der Waals surface area contributed by atoms with Crippen molar-refractivity contribution in [3.8, 4) is 17.3 Å². The molecule has 2 aromatic heterocycles. The molecule has 18 heavy (non-hydrogen) atoms. The number of hydrogen-bond acceptors (Lipinski definition) is 3. The van der Waals surface area contributed by atoms with Crippen molar-refractivity contribution in [1.82, 2.24) is 14.8 Å². The molecule has 6 heteroatoms.